The van der Waals surface area contributed by atoms with Crippen molar-refractivity contribution in [1.29, 1.82) is 0 Å². The monoisotopic (exact) mass is 512 g/mol. The second kappa shape index (κ2) is 10.3. The van der Waals surface area contributed by atoms with Gasteiger partial charge in [-0.2, -0.15) is 0 Å². The van der Waals surface area contributed by atoms with E-state index >= 15 is 0 Å². The molecule has 2 aromatic rings. The molecular weight excluding hydrogens is 488 g/mol. The SMILES string of the molecule is COc1cc(CCN(C(=O)OC(C)(C)C)[C@@H](C)c2ccc(Br)cc2)c(Cl)cc1[N+](=O)[O-]. The molecule has 0 fully saturated rings. The first kappa shape index (κ1) is 24.9. The van der Waals surface area contributed by atoms with E-state index in [0.29, 0.717) is 18.5 Å². The molecule has 0 heterocycles. The maximum absolute atomic E-state index is 13.0. The minimum absolute atomic E-state index is 0.120. The highest BCUT2D eigenvalue weighted by molar-refractivity contribution is 9.10. The summed E-state index contributed by atoms with van der Waals surface area (Å²) >= 11 is 9.71. The number of hydrogen-bond acceptors (Lipinski definition) is 5. The summed E-state index contributed by atoms with van der Waals surface area (Å²) in [6.07, 6.45) is -0.0827. The van der Waals surface area contributed by atoms with Gasteiger partial charge in [-0.15, -0.1) is 0 Å². The normalized spacial score (nSPS) is 12.2. The molecule has 2 aromatic carbocycles. The van der Waals surface area contributed by atoms with Crippen LogP contribution in [0.2, 0.25) is 5.02 Å². The van der Waals surface area contributed by atoms with Crippen molar-refractivity contribution in [2.24, 2.45) is 0 Å². The molecule has 9 heteroatoms. The molecule has 0 saturated heterocycles. The van der Waals surface area contributed by atoms with Crippen LogP contribution in [0.25, 0.3) is 0 Å². The summed E-state index contributed by atoms with van der Waals surface area (Å²) in [5.74, 6) is 0.120. The number of rotatable bonds is 7. The summed E-state index contributed by atoms with van der Waals surface area (Å²) in [5.41, 5.74) is 0.730. The van der Waals surface area contributed by atoms with E-state index < -0.39 is 16.6 Å². The van der Waals surface area contributed by atoms with Gasteiger partial charge in [-0.3, -0.25) is 10.1 Å². The molecular formula is C22H26BrClN2O5. The zero-order valence-corrected chi connectivity index (χ0v) is 20.5. The van der Waals surface area contributed by atoms with Crippen molar-refractivity contribution in [2.75, 3.05) is 13.7 Å². The molecule has 0 bridgehead atoms. The predicted molar refractivity (Wildman–Crippen MR) is 124 cm³/mol. The van der Waals surface area contributed by atoms with Crippen LogP contribution in [0.5, 0.6) is 5.75 Å². The van der Waals surface area contributed by atoms with Gasteiger partial charge in [-0.05, 0) is 63.4 Å². The van der Waals surface area contributed by atoms with E-state index in [9.17, 15) is 14.9 Å². The molecule has 0 N–H and O–H groups in total. The Morgan fingerprint density at radius 2 is 1.87 bits per heavy atom. The van der Waals surface area contributed by atoms with Gasteiger partial charge in [0, 0.05) is 17.1 Å². The minimum Gasteiger partial charge on any atom is -0.490 e. The third-order valence-corrected chi connectivity index (χ3v) is 5.50. The molecule has 0 spiro atoms. The third-order valence-electron chi connectivity index (χ3n) is 4.61. The fraction of sp³-hybridized carbons (Fsp3) is 0.409. The van der Waals surface area contributed by atoms with Gasteiger partial charge < -0.3 is 14.4 Å². The molecule has 168 valence electrons. The first-order valence-corrected chi connectivity index (χ1v) is 10.9. The minimum atomic E-state index is -0.650. The fourth-order valence-corrected chi connectivity index (χ4v) is 3.53. The fourth-order valence-electron chi connectivity index (χ4n) is 3.01. The number of carbonyl (C=O) groups excluding carboxylic acids is 1. The first-order chi connectivity index (χ1) is 14.4. The number of methoxy groups -OCH3 is 1. The summed E-state index contributed by atoms with van der Waals surface area (Å²) in [7, 11) is 1.36. The molecule has 1 atom stereocenters. The van der Waals surface area contributed by atoms with Crippen LogP contribution in [-0.2, 0) is 11.2 Å². The second-order valence-corrected chi connectivity index (χ2v) is 9.35. The molecule has 1 amide bonds. The van der Waals surface area contributed by atoms with Crippen LogP contribution in [0, 0.1) is 10.1 Å². The first-order valence-electron chi connectivity index (χ1n) is 9.69. The van der Waals surface area contributed by atoms with Crippen molar-refractivity contribution in [3.05, 3.63) is 67.1 Å². The van der Waals surface area contributed by atoms with Crippen molar-refractivity contribution < 1.29 is 19.2 Å². The molecule has 31 heavy (non-hydrogen) atoms. The van der Waals surface area contributed by atoms with Gasteiger partial charge >= 0.3 is 11.8 Å². The topological polar surface area (TPSA) is 81.9 Å². The molecule has 0 aromatic heterocycles. The maximum atomic E-state index is 13.0. The summed E-state index contributed by atoms with van der Waals surface area (Å²) in [4.78, 5) is 25.2. The number of amides is 1. The Bertz CT molecular complexity index is 944. The van der Waals surface area contributed by atoms with Crippen LogP contribution in [0.3, 0.4) is 0 Å². The highest BCUT2D eigenvalue weighted by Crippen LogP contribution is 2.34. The van der Waals surface area contributed by atoms with E-state index in [-0.39, 0.29) is 22.5 Å². The quantitative estimate of drug-likeness (QED) is 0.309. The second-order valence-electron chi connectivity index (χ2n) is 8.02. The Kier molecular flexibility index (Phi) is 8.31. The average molecular weight is 514 g/mol. The Balaban J connectivity index is 2.32. The average Bonchev–Trinajstić information content (AvgIpc) is 2.67. The van der Waals surface area contributed by atoms with Crippen LogP contribution in [0.4, 0.5) is 10.5 Å². The number of carbonyl (C=O) groups is 1. The predicted octanol–water partition coefficient (Wildman–Crippen LogP) is 6.56. The zero-order chi connectivity index (χ0) is 23.3. The van der Waals surface area contributed by atoms with Gasteiger partial charge in [0.1, 0.15) is 5.60 Å². The Hall–Kier alpha value is -2.32. The number of halogens is 2. The molecule has 0 aliphatic carbocycles. The van der Waals surface area contributed by atoms with Gasteiger partial charge in [-0.25, -0.2) is 4.79 Å². The van der Waals surface area contributed by atoms with Crippen molar-refractivity contribution in [1.82, 2.24) is 4.90 Å². The van der Waals surface area contributed by atoms with Crippen molar-refractivity contribution in [3.8, 4) is 5.75 Å². The van der Waals surface area contributed by atoms with E-state index in [1.807, 2.05) is 52.0 Å². The lowest BCUT2D eigenvalue weighted by Gasteiger charge is -2.32. The van der Waals surface area contributed by atoms with E-state index in [2.05, 4.69) is 15.9 Å². The highest BCUT2D eigenvalue weighted by atomic mass is 79.9. The Morgan fingerprint density at radius 3 is 2.39 bits per heavy atom. The molecule has 2 rings (SSSR count). The zero-order valence-electron chi connectivity index (χ0n) is 18.1. The van der Waals surface area contributed by atoms with E-state index in [0.717, 1.165) is 10.0 Å². The van der Waals surface area contributed by atoms with Crippen molar-refractivity contribution in [3.63, 3.8) is 0 Å². The van der Waals surface area contributed by atoms with E-state index in [1.165, 1.54) is 19.2 Å². The summed E-state index contributed by atoms with van der Waals surface area (Å²) in [6.45, 7) is 7.65. The lowest BCUT2D eigenvalue weighted by atomic mass is 10.1. The lowest BCUT2D eigenvalue weighted by molar-refractivity contribution is -0.385. The molecule has 0 aliphatic heterocycles. The number of benzene rings is 2. The van der Waals surface area contributed by atoms with Crippen LogP contribution < -0.4 is 4.74 Å². The maximum Gasteiger partial charge on any atom is 0.410 e. The van der Waals surface area contributed by atoms with Crippen LogP contribution in [-0.4, -0.2) is 35.2 Å². The number of hydrogen-bond donors (Lipinski definition) is 0. The van der Waals surface area contributed by atoms with Gasteiger partial charge in [0.05, 0.1) is 23.1 Å². The third kappa shape index (κ3) is 6.83. The summed E-state index contributed by atoms with van der Waals surface area (Å²) < 4.78 is 11.7. The van der Waals surface area contributed by atoms with Gasteiger partial charge in [0.2, 0.25) is 0 Å². The van der Waals surface area contributed by atoms with E-state index in [4.69, 9.17) is 21.1 Å². The molecule has 7 nitrogen and oxygen atoms in total. The van der Waals surface area contributed by atoms with Crippen molar-refractivity contribution in [2.45, 2.75) is 45.8 Å². The Morgan fingerprint density at radius 1 is 1.26 bits per heavy atom. The van der Waals surface area contributed by atoms with Crippen LogP contribution in [0.1, 0.15) is 44.9 Å². The smallest absolute Gasteiger partial charge is 0.410 e. The van der Waals surface area contributed by atoms with Gasteiger partial charge in [-0.1, -0.05) is 39.7 Å². The van der Waals surface area contributed by atoms with Gasteiger partial charge in [0.25, 0.3) is 0 Å². The van der Waals surface area contributed by atoms with Crippen molar-refractivity contribution >= 4 is 39.3 Å². The number of nitro benzene ring substituents is 1. The largest absolute Gasteiger partial charge is 0.490 e. The van der Waals surface area contributed by atoms with Crippen LogP contribution >= 0.6 is 27.5 Å². The lowest BCUT2D eigenvalue weighted by Crippen LogP contribution is -2.39. The summed E-state index contributed by atoms with van der Waals surface area (Å²) in [5, 5.41) is 11.4. The number of nitrogens with zero attached hydrogens (tertiary/aromatic N) is 2. The van der Waals surface area contributed by atoms with Crippen LogP contribution in [0.15, 0.2) is 40.9 Å². The standard InChI is InChI=1S/C22H26BrClN2O5/c1-14(15-6-8-17(23)9-7-15)25(21(27)31-22(2,3)4)11-10-16-12-20(30-5)19(26(28)29)13-18(16)24/h6-9,12-14H,10-11H2,1-5H3/t14-/m0/s1. The molecule has 0 unspecified atom stereocenters. The molecule has 0 saturated carbocycles. The summed E-state index contributed by atoms with van der Waals surface area (Å²) in [6, 6.07) is 10.3. The number of nitro groups is 1. The van der Waals surface area contributed by atoms with Gasteiger partial charge in [0.15, 0.2) is 5.75 Å². The molecule has 0 radical (unpaired) electrons. The Labute approximate surface area is 195 Å². The number of ether oxygens (including phenoxy) is 2. The highest BCUT2D eigenvalue weighted by Gasteiger charge is 2.27. The van der Waals surface area contributed by atoms with E-state index in [1.54, 1.807) is 4.90 Å². The molecule has 0 aliphatic rings.